The van der Waals surface area contributed by atoms with Gasteiger partial charge in [-0.3, -0.25) is 4.40 Å². The lowest BCUT2D eigenvalue weighted by Crippen LogP contribution is -2.24. The van der Waals surface area contributed by atoms with E-state index in [1.165, 1.54) is 12.1 Å². The second-order valence-corrected chi connectivity index (χ2v) is 7.01. The van der Waals surface area contributed by atoms with Crippen LogP contribution in [0.2, 0.25) is 0 Å². The van der Waals surface area contributed by atoms with Gasteiger partial charge in [-0.1, -0.05) is 22.0 Å². The maximum Gasteiger partial charge on any atom is 0.240 e. The summed E-state index contributed by atoms with van der Waals surface area (Å²) >= 11 is 3.27. The monoisotopic (exact) mass is 366 g/mol. The Labute approximate surface area is 130 Å². The van der Waals surface area contributed by atoms with Gasteiger partial charge in [-0.15, -0.1) is 10.2 Å². The van der Waals surface area contributed by atoms with Crippen LogP contribution in [0.25, 0.3) is 5.65 Å². The number of pyridine rings is 1. The number of fused-ring (bicyclic) bond motifs is 1. The highest BCUT2D eigenvalue weighted by atomic mass is 79.9. The number of hydrogen-bond donors (Lipinski definition) is 1. The first-order valence-corrected chi connectivity index (χ1v) is 8.38. The average Bonchev–Trinajstić information content (AvgIpc) is 2.89. The Hall–Kier alpha value is -1.77. The van der Waals surface area contributed by atoms with E-state index in [0.717, 1.165) is 4.47 Å². The fraction of sp³-hybridized carbons (Fsp3) is 0.0769. The third kappa shape index (κ3) is 2.97. The Balaban J connectivity index is 1.82. The lowest BCUT2D eigenvalue weighted by Gasteiger charge is -2.06. The minimum atomic E-state index is -3.57. The quantitative estimate of drug-likeness (QED) is 0.765. The molecule has 3 aromatic rings. The number of aromatic nitrogens is 3. The van der Waals surface area contributed by atoms with Crippen LogP contribution in [0, 0.1) is 0 Å². The summed E-state index contributed by atoms with van der Waals surface area (Å²) in [6.07, 6.45) is 1.79. The van der Waals surface area contributed by atoms with Crippen molar-refractivity contribution in [2.24, 2.45) is 0 Å². The van der Waals surface area contributed by atoms with Crippen LogP contribution in [0.15, 0.2) is 58.0 Å². The summed E-state index contributed by atoms with van der Waals surface area (Å²) in [6.45, 7) is 0.0730. The van der Waals surface area contributed by atoms with E-state index in [1.807, 2.05) is 12.1 Å². The summed E-state index contributed by atoms with van der Waals surface area (Å²) in [5.74, 6) is 0.534. The number of nitrogens with one attached hydrogen (secondary N) is 1. The molecular weight excluding hydrogens is 356 g/mol. The fourth-order valence-electron chi connectivity index (χ4n) is 1.87. The predicted molar refractivity (Wildman–Crippen MR) is 81.2 cm³/mol. The van der Waals surface area contributed by atoms with Gasteiger partial charge in [-0.25, -0.2) is 13.1 Å². The zero-order valence-corrected chi connectivity index (χ0v) is 13.2. The minimum Gasteiger partial charge on any atom is -0.285 e. The number of benzene rings is 1. The minimum absolute atomic E-state index is 0.0730. The van der Waals surface area contributed by atoms with Crippen LogP contribution >= 0.6 is 15.9 Å². The summed E-state index contributed by atoms with van der Waals surface area (Å²) in [4.78, 5) is 0.208. The van der Waals surface area contributed by atoms with Crippen molar-refractivity contribution in [1.29, 1.82) is 0 Å². The molecule has 8 heteroatoms. The third-order valence-electron chi connectivity index (χ3n) is 2.93. The molecule has 0 saturated heterocycles. The van der Waals surface area contributed by atoms with Crippen LogP contribution in [0.3, 0.4) is 0 Å². The van der Waals surface area contributed by atoms with Crippen LogP contribution in [0.4, 0.5) is 0 Å². The van der Waals surface area contributed by atoms with Crippen LogP contribution in [-0.2, 0) is 16.6 Å². The van der Waals surface area contributed by atoms with E-state index in [0.29, 0.717) is 11.5 Å². The lowest BCUT2D eigenvalue weighted by molar-refractivity contribution is 0.579. The van der Waals surface area contributed by atoms with Gasteiger partial charge in [-0.05, 0) is 36.4 Å². The van der Waals surface area contributed by atoms with E-state index in [1.54, 1.807) is 28.8 Å². The first kappa shape index (κ1) is 14.2. The predicted octanol–water partition coefficient (Wildman–Crippen LogP) is 1.97. The molecule has 2 aromatic heterocycles. The Morgan fingerprint density at radius 3 is 2.62 bits per heavy atom. The molecule has 0 radical (unpaired) electrons. The van der Waals surface area contributed by atoms with Gasteiger partial charge in [0.05, 0.1) is 11.4 Å². The highest BCUT2D eigenvalue weighted by molar-refractivity contribution is 9.10. The van der Waals surface area contributed by atoms with Gasteiger partial charge < -0.3 is 0 Å². The standard InChI is InChI=1S/C13H11BrN4O2S/c14-10-4-6-11(7-5-10)21(19,20)15-9-13-17-16-12-3-1-2-8-18(12)13/h1-8,15H,9H2. The van der Waals surface area contributed by atoms with Crippen molar-refractivity contribution in [2.45, 2.75) is 11.4 Å². The molecule has 0 aliphatic heterocycles. The van der Waals surface area contributed by atoms with Gasteiger partial charge >= 0.3 is 0 Å². The van der Waals surface area contributed by atoms with Gasteiger partial charge in [0.2, 0.25) is 10.0 Å². The van der Waals surface area contributed by atoms with Gasteiger partial charge in [0.1, 0.15) is 0 Å². The summed E-state index contributed by atoms with van der Waals surface area (Å²) in [5, 5.41) is 7.96. The molecule has 108 valence electrons. The summed E-state index contributed by atoms with van der Waals surface area (Å²) in [7, 11) is -3.57. The van der Waals surface area contributed by atoms with E-state index in [4.69, 9.17) is 0 Å². The summed E-state index contributed by atoms with van der Waals surface area (Å²) < 4.78 is 29.5. The molecule has 0 atom stereocenters. The number of rotatable bonds is 4. The summed E-state index contributed by atoms with van der Waals surface area (Å²) in [5.41, 5.74) is 0.676. The molecule has 3 rings (SSSR count). The molecule has 0 fully saturated rings. The normalized spacial score (nSPS) is 11.9. The van der Waals surface area contributed by atoms with E-state index in [9.17, 15) is 8.42 Å². The maximum atomic E-state index is 12.2. The first-order chi connectivity index (χ1) is 10.1. The molecule has 0 unspecified atom stereocenters. The molecule has 0 aliphatic carbocycles. The molecule has 1 N–H and O–H groups in total. The largest absolute Gasteiger partial charge is 0.285 e. The van der Waals surface area contributed by atoms with Gasteiger partial charge in [0, 0.05) is 10.7 Å². The molecular formula is C13H11BrN4O2S. The van der Waals surface area contributed by atoms with Crippen molar-refractivity contribution in [1.82, 2.24) is 19.3 Å². The number of nitrogens with zero attached hydrogens (tertiary/aromatic N) is 3. The van der Waals surface area contributed by atoms with Gasteiger partial charge in [0.25, 0.3) is 0 Å². The van der Waals surface area contributed by atoms with Crippen molar-refractivity contribution < 1.29 is 8.42 Å². The molecule has 21 heavy (non-hydrogen) atoms. The van der Waals surface area contributed by atoms with E-state index in [2.05, 4.69) is 30.8 Å². The molecule has 0 bridgehead atoms. The first-order valence-electron chi connectivity index (χ1n) is 6.10. The molecule has 6 nitrogen and oxygen atoms in total. The highest BCUT2D eigenvalue weighted by Gasteiger charge is 2.15. The van der Waals surface area contributed by atoms with Crippen LogP contribution < -0.4 is 4.72 Å². The van der Waals surface area contributed by atoms with Gasteiger partial charge in [-0.2, -0.15) is 0 Å². The van der Waals surface area contributed by atoms with E-state index in [-0.39, 0.29) is 11.4 Å². The molecule has 1 aromatic carbocycles. The number of hydrogen-bond acceptors (Lipinski definition) is 4. The zero-order chi connectivity index (χ0) is 14.9. The zero-order valence-electron chi connectivity index (χ0n) is 10.8. The van der Waals surface area contributed by atoms with E-state index < -0.39 is 10.0 Å². The van der Waals surface area contributed by atoms with Gasteiger partial charge in [0.15, 0.2) is 11.5 Å². The Morgan fingerprint density at radius 1 is 1.10 bits per heavy atom. The number of sulfonamides is 1. The molecule has 0 amide bonds. The molecule has 0 aliphatic rings. The fourth-order valence-corrected chi connectivity index (χ4v) is 3.11. The van der Waals surface area contributed by atoms with Crippen LogP contribution in [0.5, 0.6) is 0 Å². The van der Waals surface area contributed by atoms with Crippen molar-refractivity contribution in [2.75, 3.05) is 0 Å². The number of halogens is 1. The lowest BCUT2D eigenvalue weighted by atomic mass is 10.4. The SMILES string of the molecule is O=S(=O)(NCc1nnc2ccccn12)c1ccc(Br)cc1. The Morgan fingerprint density at radius 2 is 1.86 bits per heavy atom. The maximum absolute atomic E-state index is 12.2. The second-order valence-electron chi connectivity index (χ2n) is 4.32. The van der Waals surface area contributed by atoms with Crippen molar-refractivity contribution >= 4 is 31.6 Å². The second kappa shape index (κ2) is 5.55. The Bertz CT molecular complexity index is 875. The average molecular weight is 367 g/mol. The molecule has 0 saturated carbocycles. The smallest absolute Gasteiger partial charge is 0.240 e. The summed E-state index contributed by atoms with van der Waals surface area (Å²) in [6, 6.07) is 11.9. The molecule has 2 heterocycles. The topological polar surface area (TPSA) is 76.4 Å². The third-order valence-corrected chi connectivity index (χ3v) is 4.87. The highest BCUT2D eigenvalue weighted by Crippen LogP contribution is 2.14. The van der Waals surface area contributed by atoms with Crippen LogP contribution in [0.1, 0.15) is 5.82 Å². The van der Waals surface area contributed by atoms with Crippen molar-refractivity contribution in [3.05, 3.63) is 59.0 Å². The van der Waals surface area contributed by atoms with E-state index >= 15 is 0 Å². The molecule has 0 spiro atoms. The van der Waals surface area contributed by atoms with Crippen molar-refractivity contribution in [3.8, 4) is 0 Å². The van der Waals surface area contributed by atoms with Crippen molar-refractivity contribution in [3.63, 3.8) is 0 Å². The Kier molecular flexibility index (Phi) is 3.75. The van der Waals surface area contributed by atoms with Crippen LogP contribution in [-0.4, -0.2) is 23.0 Å².